The van der Waals surface area contributed by atoms with E-state index in [9.17, 15) is 9.59 Å². The second kappa shape index (κ2) is 13.7. The van der Waals surface area contributed by atoms with Gasteiger partial charge in [0.25, 0.3) is 11.8 Å². The molecule has 0 saturated heterocycles. The summed E-state index contributed by atoms with van der Waals surface area (Å²) in [4.78, 5) is 27.5. The fourth-order valence-electron chi connectivity index (χ4n) is 3.07. The van der Waals surface area contributed by atoms with E-state index in [-0.39, 0.29) is 23.4 Å². The molecule has 2 aromatic carbocycles. The topological polar surface area (TPSA) is 118 Å². The molecule has 1 aliphatic rings. The van der Waals surface area contributed by atoms with Gasteiger partial charge in [0.15, 0.2) is 0 Å². The second-order valence-electron chi connectivity index (χ2n) is 7.85. The molecule has 3 N–H and O–H groups in total. The molecule has 0 radical (unpaired) electrons. The van der Waals surface area contributed by atoms with Gasteiger partial charge < -0.3 is 25.2 Å². The predicted molar refractivity (Wildman–Crippen MR) is 138 cm³/mol. The lowest BCUT2D eigenvalue weighted by Gasteiger charge is -2.24. The van der Waals surface area contributed by atoms with Gasteiger partial charge in [-0.1, -0.05) is 30.2 Å². The summed E-state index contributed by atoms with van der Waals surface area (Å²) in [5, 5.41) is 12.5. The summed E-state index contributed by atoms with van der Waals surface area (Å²) < 4.78 is 9.98. The van der Waals surface area contributed by atoms with Crippen molar-refractivity contribution in [3.05, 3.63) is 83.3 Å². The van der Waals surface area contributed by atoms with Crippen LogP contribution >= 0.6 is 11.6 Å². The van der Waals surface area contributed by atoms with Crippen molar-refractivity contribution in [3.8, 4) is 11.6 Å². The molecule has 188 valence electrons. The number of rotatable bonds is 9. The number of hydrogen-bond acceptors (Lipinski definition) is 7. The Morgan fingerprint density at radius 2 is 1.89 bits per heavy atom. The SMILES string of the molecule is C=Nc1ccc(Oc2ccon2)cc1.CNC(=O)/C(=C\NCc1ccc(Cl)cc1)NC(=O)C1CCC1. The number of carbonyl (C=O) groups excluding carboxylic acids is 2. The summed E-state index contributed by atoms with van der Waals surface area (Å²) in [7, 11) is 1.53. The number of benzene rings is 2. The fraction of sp³-hybridized carbons (Fsp3) is 0.231. The fourth-order valence-corrected chi connectivity index (χ4v) is 3.19. The van der Waals surface area contributed by atoms with E-state index in [1.54, 1.807) is 30.3 Å². The van der Waals surface area contributed by atoms with E-state index in [2.05, 4.69) is 37.3 Å². The lowest BCUT2D eigenvalue weighted by Crippen LogP contribution is -2.39. The molecule has 36 heavy (non-hydrogen) atoms. The molecule has 3 aromatic rings. The van der Waals surface area contributed by atoms with E-state index in [0.717, 1.165) is 30.5 Å². The number of ether oxygens (including phenoxy) is 1. The number of aliphatic imine (C=N–C) groups is 1. The minimum atomic E-state index is -0.323. The zero-order chi connectivity index (χ0) is 25.8. The molecule has 0 atom stereocenters. The van der Waals surface area contributed by atoms with Crippen LogP contribution in [-0.2, 0) is 16.1 Å². The lowest BCUT2D eigenvalue weighted by atomic mass is 9.85. The van der Waals surface area contributed by atoms with Crippen LogP contribution in [0.2, 0.25) is 5.02 Å². The molecule has 0 bridgehead atoms. The van der Waals surface area contributed by atoms with Gasteiger partial charge in [-0.15, -0.1) is 0 Å². The first-order chi connectivity index (χ1) is 17.5. The Morgan fingerprint density at radius 1 is 1.17 bits per heavy atom. The quantitative estimate of drug-likeness (QED) is 0.283. The van der Waals surface area contributed by atoms with Crippen molar-refractivity contribution in [2.75, 3.05) is 7.05 Å². The van der Waals surface area contributed by atoms with Gasteiger partial charge in [-0.2, -0.15) is 0 Å². The maximum Gasteiger partial charge on any atom is 0.269 e. The minimum absolute atomic E-state index is 0.0318. The van der Waals surface area contributed by atoms with Crippen molar-refractivity contribution in [3.63, 3.8) is 0 Å². The number of amides is 2. The van der Waals surface area contributed by atoms with Crippen LogP contribution in [0.4, 0.5) is 5.69 Å². The van der Waals surface area contributed by atoms with Crippen LogP contribution in [0.25, 0.3) is 0 Å². The Bertz CT molecular complexity index is 1160. The number of nitrogens with one attached hydrogen (secondary N) is 3. The van der Waals surface area contributed by atoms with Gasteiger partial charge in [0.2, 0.25) is 5.91 Å². The average Bonchev–Trinajstić information content (AvgIpc) is 3.37. The van der Waals surface area contributed by atoms with E-state index in [4.69, 9.17) is 16.3 Å². The van der Waals surface area contributed by atoms with Crippen molar-refractivity contribution in [1.29, 1.82) is 0 Å². The van der Waals surface area contributed by atoms with Crippen molar-refractivity contribution in [1.82, 2.24) is 21.1 Å². The van der Waals surface area contributed by atoms with Crippen LogP contribution in [-0.4, -0.2) is 30.7 Å². The van der Waals surface area contributed by atoms with Crippen LogP contribution in [0.1, 0.15) is 24.8 Å². The third-order valence-corrected chi connectivity index (χ3v) is 5.58. The standard InChI is InChI=1S/C16H20ClN3O2.C10H8N2O2/c1-18-16(22)14(20-15(21)12-3-2-4-12)10-19-9-11-5-7-13(17)8-6-11;1-11-8-2-4-9(5-3-8)14-10-6-7-13-12-10/h5-8,10,12,19H,2-4,9H2,1H3,(H,18,22)(H,20,21);2-7H,1H2/b14-10+;. The van der Waals surface area contributed by atoms with Crippen LogP contribution in [0.15, 0.2) is 82.3 Å². The van der Waals surface area contributed by atoms with Crippen LogP contribution in [0, 0.1) is 5.92 Å². The van der Waals surface area contributed by atoms with E-state index in [1.807, 2.05) is 24.3 Å². The van der Waals surface area contributed by atoms with Gasteiger partial charge in [0.1, 0.15) is 17.7 Å². The van der Waals surface area contributed by atoms with Crippen molar-refractivity contribution in [2.24, 2.45) is 10.9 Å². The van der Waals surface area contributed by atoms with E-state index in [1.165, 1.54) is 19.5 Å². The number of likely N-dealkylation sites (N-methyl/N-ethyl adjacent to an activating group) is 1. The molecular formula is C26H28ClN5O4. The van der Waals surface area contributed by atoms with Crippen LogP contribution < -0.4 is 20.7 Å². The molecule has 1 fully saturated rings. The first kappa shape index (κ1) is 26.5. The molecule has 9 nitrogen and oxygen atoms in total. The molecule has 0 spiro atoms. The zero-order valence-corrected chi connectivity index (χ0v) is 20.6. The van der Waals surface area contributed by atoms with E-state index < -0.39 is 0 Å². The maximum atomic E-state index is 12.0. The summed E-state index contributed by atoms with van der Waals surface area (Å²) in [6.07, 6.45) is 5.85. The Labute approximate surface area is 214 Å². The smallest absolute Gasteiger partial charge is 0.269 e. The monoisotopic (exact) mass is 509 g/mol. The number of aromatic nitrogens is 1. The van der Waals surface area contributed by atoms with Gasteiger partial charge in [0, 0.05) is 36.8 Å². The summed E-state index contributed by atoms with van der Waals surface area (Å²) >= 11 is 5.83. The number of hydrogen-bond donors (Lipinski definition) is 3. The first-order valence-electron chi connectivity index (χ1n) is 11.3. The number of halogens is 1. The zero-order valence-electron chi connectivity index (χ0n) is 19.9. The third-order valence-electron chi connectivity index (χ3n) is 5.33. The molecule has 2 amide bonds. The molecule has 10 heteroatoms. The van der Waals surface area contributed by atoms with Crippen molar-refractivity contribution in [2.45, 2.75) is 25.8 Å². The molecule has 1 aromatic heterocycles. The van der Waals surface area contributed by atoms with Gasteiger partial charge in [-0.3, -0.25) is 14.6 Å². The molecule has 1 heterocycles. The Morgan fingerprint density at radius 3 is 2.44 bits per heavy atom. The number of carbonyl (C=O) groups is 2. The van der Waals surface area contributed by atoms with Gasteiger partial charge in [-0.05, 0) is 66.7 Å². The molecule has 0 unspecified atom stereocenters. The van der Waals surface area contributed by atoms with Gasteiger partial charge in [-0.25, -0.2) is 0 Å². The Hall–Kier alpha value is -4.11. The highest BCUT2D eigenvalue weighted by atomic mass is 35.5. The largest absolute Gasteiger partial charge is 0.436 e. The van der Waals surface area contributed by atoms with Gasteiger partial charge >= 0.3 is 0 Å². The minimum Gasteiger partial charge on any atom is -0.436 e. The predicted octanol–water partition coefficient (Wildman–Crippen LogP) is 4.73. The third kappa shape index (κ3) is 8.28. The Kier molecular flexibility index (Phi) is 10.1. The highest BCUT2D eigenvalue weighted by Crippen LogP contribution is 2.26. The highest BCUT2D eigenvalue weighted by Gasteiger charge is 2.26. The van der Waals surface area contributed by atoms with E-state index in [0.29, 0.717) is 23.2 Å². The van der Waals surface area contributed by atoms with Gasteiger partial charge in [0.05, 0.1) is 5.69 Å². The van der Waals surface area contributed by atoms with Crippen molar-refractivity contribution < 1.29 is 18.8 Å². The maximum absolute atomic E-state index is 12.0. The summed E-state index contributed by atoms with van der Waals surface area (Å²) in [5.74, 6) is 0.741. The number of nitrogens with zero attached hydrogens (tertiary/aromatic N) is 2. The summed E-state index contributed by atoms with van der Waals surface area (Å²) in [6.45, 7) is 3.96. The average molecular weight is 510 g/mol. The summed E-state index contributed by atoms with van der Waals surface area (Å²) in [5.41, 5.74) is 2.06. The highest BCUT2D eigenvalue weighted by molar-refractivity contribution is 6.30. The summed E-state index contributed by atoms with van der Waals surface area (Å²) in [6, 6.07) is 16.2. The molecule has 0 aliphatic heterocycles. The van der Waals surface area contributed by atoms with E-state index >= 15 is 0 Å². The molecular weight excluding hydrogens is 482 g/mol. The first-order valence-corrected chi connectivity index (χ1v) is 11.7. The normalized spacial score (nSPS) is 12.9. The Balaban J connectivity index is 0.000000221. The second-order valence-corrected chi connectivity index (χ2v) is 8.29. The van der Waals surface area contributed by atoms with Crippen LogP contribution in [0.3, 0.4) is 0 Å². The van der Waals surface area contributed by atoms with Crippen LogP contribution in [0.5, 0.6) is 11.6 Å². The molecule has 1 saturated carbocycles. The lowest BCUT2D eigenvalue weighted by molar-refractivity contribution is -0.128. The molecule has 1 aliphatic carbocycles. The molecule has 4 rings (SSSR count). The van der Waals surface area contributed by atoms with Crippen molar-refractivity contribution >= 4 is 35.8 Å².